The van der Waals surface area contributed by atoms with Crippen molar-refractivity contribution < 1.29 is 19.3 Å². The van der Waals surface area contributed by atoms with E-state index in [1.807, 2.05) is 0 Å². The molecule has 0 fully saturated rings. The van der Waals surface area contributed by atoms with Crippen LogP contribution in [0.2, 0.25) is 0 Å². The molecule has 0 unspecified atom stereocenters. The van der Waals surface area contributed by atoms with Gasteiger partial charge in [0.2, 0.25) is 0 Å². The van der Waals surface area contributed by atoms with Crippen molar-refractivity contribution >= 4 is 0 Å². The molecule has 13 heavy (non-hydrogen) atoms. The molecular weight excluding hydrogens is 174 g/mol. The second kappa shape index (κ2) is 11.8. The maximum atomic E-state index is 8.36. The van der Waals surface area contributed by atoms with E-state index in [9.17, 15) is 0 Å². The van der Waals surface area contributed by atoms with E-state index in [-0.39, 0.29) is 6.61 Å². The molecule has 0 aliphatic carbocycles. The third-order valence-electron chi connectivity index (χ3n) is 1.19. The standard InChI is InChI=1S/C8H18NO4/c9-1-3-11-5-7-13-8-6-12-4-2-10/h1,10H,2-9H2. The lowest BCUT2D eigenvalue weighted by atomic mass is 10.7. The first-order chi connectivity index (χ1) is 6.41. The molecule has 0 aromatic carbocycles. The summed E-state index contributed by atoms with van der Waals surface area (Å²) in [5, 5.41) is 8.36. The molecule has 79 valence electrons. The Labute approximate surface area is 78.8 Å². The zero-order valence-corrected chi connectivity index (χ0v) is 7.78. The average molecular weight is 192 g/mol. The van der Waals surface area contributed by atoms with E-state index in [0.29, 0.717) is 39.6 Å². The summed E-state index contributed by atoms with van der Waals surface area (Å²) >= 11 is 0. The number of ether oxygens (including phenoxy) is 3. The molecular formula is C8H18NO4. The van der Waals surface area contributed by atoms with Crippen molar-refractivity contribution in [2.24, 2.45) is 5.73 Å². The number of hydrogen-bond acceptors (Lipinski definition) is 5. The van der Waals surface area contributed by atoms with Crippen LogP contribution in [0.3, 0.4) is 0 Å². The zero-order valence-electron chi connectivity index (χ0n) is 7.78. The van der Waals surface area contributed by atoms with Crippen LogP contribution in [0.4, 0.5) is 0 Å². The summed E-state index contributed by atoms with van der Waals surface area (Å²) in [5.41, 5.74) is 5.09. The zero-order chi connectivity index (χ0) is 9.78. The molecule has 5 heteroatoms. The maximum absolute atomic E-state index is 8.36. The maximum Gasteiger partial charge on any atom is 0.0701 e. The molecule has 1 radical (unpaired) electrons. The highest BCUT2D eigenvalue weighted by Gasteiger charge is 1.89. The lowest BCUT2D eigenvalue weighted by Gasteiger charge is -2.04. The Morgan fingerprint density at radius 3 is 2.00 bits per heavy atom. The number of rotatable bonds is 10. The summed E-state index contributed by atoms with van der Waals surface area (Å²) in [4.78, 5) is 0. The molecule has 0 spiro atoms. The third kappa shape index (κ3) is 11.8. The second-order valence-corrected chi connectivity index (χ2v) is 2.26. The summed E-state index contributed by atoms with van der Waals surface area (Å²) in [6.45, 7) is 4.41. The summed E-state index contributed by atoms with van der Waals surface area (Å²) in [6, 6.07) is 0. The van der Waals surface area contributed by atoms with Crippen molar-refractivity contribution in [1.29, 1.82) is 0 Å². The molecule has 0 atom stereocenters. The largest absolute Gasteiger partial charge is 0.394 e. The summed E-state index contributed by atoms with van der Waals surface area (Å²) < 4.78 is 15.1. The molecule has 0 aromatic heterocycles. The number of aliphatic hydroxyl groups is 1. The van der Waals surface area contributed by atoms with Gasteiger partial charge in [-0.1, -0.05) is 0 Å². The molecule has 0 aliphatic heterocycles. The van der Waals surface area contributed by atoms with Gasteiger partial charge in [-0.25, -0.2) is 0 Å². The van der Waals surface area contributed by atoms with Crippen LogP contribution in [-0.2, 0) is 14.2 Å². The fraction of sp³-hybridized carbons (Fsp3) is 0.875. The molecule has 3 N–H and O–H groups in total. The van der Waals surface area contributed by atoms with Crippen molar-refractivity contribution in [3.63, 3.8) is 0 Å². The molecule has 0 heterocycles. The van der Waals surface area contributed by atoms with E-state index < -0.39 is 0 Å². The Morgan fingerprint density at radius 2 is 1.46 bits per heavy atom. The van der Waals surface area contributed by atoms with E-state index >= 15 is 0 Å². The minimum Gasteiger partial charge on any atom is -0.394 e. The Balaban J connectivity index is 2.76. The molecule has 0 aliphatic rings. The predicted octanol–water partition coefficient (Wildman–Crippen LogP) is -0.851. The molecule has 0 saturated carbocycles. The van der Waals surface area contributed by atoms with Crippen LogP contribution in [0, 0.1) is 6.54 Å². The van der Waals surface area contributed by atoms with Gasteiger partial charge in [0.25, 0.3) is 0 Å². The Bertz CT molecular complexity index is 82.2. The molecule has 0 saturated heterocycles. The lowest BCUT2D eigenvalue weighted by Crippen LogP contribution is -2.12. The third-order valence-corrected chi connectivity index (χ3v) is 1.19. The number of nitrogens with two attached hydrogens (primary N) is 1. The Morgan fingerprint density at radius 1 is 0.923 bits per heavy atom. The van der Waals surface area contributed by atoms with Gasteiger partial charge in [0.05, 0.1) is 46.2 Å². The first kappa shape index (κ1) is 12.8. The van der Waals surface area contributed by atoms with Gasteiger partial charge in [-0.3, -0.25) is 0 Å². The molecule has 0 rings (SSSR count). The van der Waals surface area contributed by atoms with Crippen LogP contribution >= 0.6 is 0 Å². The monoisotopic (exact) mass is 192 g/mol. The normalized spacial score (nSPS) is 10.6. The minimum atomic E-state index is 0.0510. The van der Waals surface area contributed by atoms with E-state index in [0.717, 1.165) is 0 Å². The fourth-order valence-corrected chi connectivity index (χ4v) is 0.656. The summed E-state index contributed by atoms with van der Waals surface area (Å²) in [6.07, 6.45) is 0. The lowest BCUT2D eigenvalue weighted by molar-refractivity contribution is 0.0105. The van der Waals surface area contributed by atoms with E-state index in [4.69, 9.17) is 25.1 Å². The summed E-state index contributed by atoms with van der Waals surface area (Å²) in [7, 11) is 0. The van der Waals surface area contributed by atoms with Gasteiger partial charge in [0.1, 0.15) is 0 Å². The quantitative estimate of drug-likeness (QED) is 0.441. The highest BCUT2D eigenvalue weighted by Crippen LogP contribution is 1.80. The van der Waals surface area contributed by atoms with Crippen molar-refractivity contribution in [2.75, 3.05) is 46.2 Å². The number of hydrogen-bond donors (Lipinski definition) is 2. The van der Waals surface area contributed by atoms with Crippen LogP contribution in [0.1, 0.15) is 0 Å². The summed E-state index contributed by atoms with van der Waals surface area (Å²) in [5.74, 6) is 0. The highest BCUT2D eigenvalue weighted by molar-refractivity contribution is 4.48. The Kier molecular flexibility index (Phi) is 11.6. The fourth-order valence-electron chi connectivity index (χ4n) is 0.656. The van der Waals surface area contributed by atoms with Crippen molar-refractivity contribution in [3.8, 4) is 0 Å². The van der Waals surface area contributed by atoms with Crippen LogP contribution in [-0.4, -0.2) is 51.4 Å². The van der Waals surface area contributed by atoms with Crippen molar-refractivity contribution in [3.05, 3.63) is 6.54 Å². The van der Waals surface area contributed by atoms with Gasteiger partial charge >= 0.3 is 0 Å². The average Bonchev–Trinajstić information content (AvgIpc) is 2.16. The van der Waals surface area contributed by atoms with Gasteiger partial charge in [-0.15, -0.1) is 0 Å². The Hall–Kier alpha value is -0.200. The molecule has 0 bridgehead atoms. The first-order valence-electron chi connectivity index (χ1n) is 4.29. The first-order valence-corrected chi connectivity index (χ1v) is 4.29. The van der Waals surface area contributed by atoms with E-state index in [1.54, 1.807) is 0 Å². The predicted molar refractivity (Wildman–Crippen MR) is 48.0 cm³/mol. The van der Waals surface area contributed by atoms with Gasteiger partial charge in [0, 0.05) is 6.54 Å². The van der Waals surface area contributed by atoms with Crippen LogP contribution < -0.4 is 5.73 Å². The van der Waals surface area contributed by atoms with Crippen molar-refractivity contribution in [2.45, 2.75) is 0 Å². The topological polar surface area (TPSA) is 73.9 Å². The second-order valence-electron chi connectivity index (χ2n) is 2.26. The smallest absolute Gasteiger partial charge is 0.0701 e. The van der Waals surface area contributed by atoms with E-state index in [2.05, 4.69) is 0 Å². The van der Waals surface area contributed by atoms with Crippen molar-refractivity contribution in [1.82, 2.24) is 0 Å². The van der Waals surface area contributed by atoms with Gasteiger partial charge in [0.15, 0.2) is 0 Å². The van der Waals surface area contributed by atoms with E-state index in [1.165, 1.54) is 6.54 Å². The molecule has 0 amide bonds. The van der Waals surface area contributed by atoms with Crippen LogP contribution in [0.25, 0.3) is 0 Å². The van der Waals surface area contributed by atoms with Gasteiger partial charge in [-0.05, 0) is 0 Å². The van der Waals surface area contributed by atoms with Gasteiger partial charge < -0.3 is 25.1 Å². The van der Waals surface area contributed by atoms with Crippen LogP contribution in [0.5, 0.6) is 0 Å². The van der Waals surface area contributed by atoms with Gasteiger partial charge in [-0.2, -0.15) is 0 Å². The molecule has 5 nitrogen and oxygen atoms in total. The molecule has 0 aromatic rings. The number of aliphatic hydroxyl groups excluding tert-OH is 1. The van der Waals surface area contributed by atoms with Crippen LogP contribution in [0.15, 0.2) is 0 Å². The highest BCUT2D eigenvalue weighted by atomic mass is 16.5. The SMILES string of the molecule is N[CH]COCCOCCOCCO. The minimum absolute atomic E-state index is 0.0510.